The summed E-state index contributed by atoms with van der Waals surface area (Å²) in [6.45, 7) is 6.92. The first-order valence-corrected chi connectivity index (χ1v) is 12.2. The lowest BCUT2D eigenvalue weighted by atomic mass is 10.1. The quantitative estimate of drug-likeness (QED) is 0.692. The molecule has 0 aliphatic carbocycles. The molecule has 0 aromatic heterocycles. The summed E-state index contributed by atoms with van der Waals surface area (Å²) in [6.07, 6.45) is 0.00399. The summed E-state index contributed by atoms with van der Waals surface area (Å²) in [5.74, 6) is 2.36. The van der Waals surface area contributed by atoms with Crippen LogP contribution in [0, 0.1) is 0 Å². The van der Waals surface area contributed by atoms with Gasteiger partial charge in [-0.05, 0) is 17.2 Å². The summed E-state index contributed by atoms with van der Waals surface area (Å²) in [7, 11) is 0. The second kappa shape index (κ2) is 11.5. The fraction of sp³-hybridized carbons (Fsp3) is 0.458. The number of hydrogen-bond acceptors (Lipinski definition) is 5. The van der Waals surface area contributed by atoms with E-state index in [9.17, 15) is 4.79 Å². The van der Waals surface area contributed by atoms with Crippen molar-refractivity contribution in [1.29, 1.82) is 0 Å². The summed E-state index contributed by atoms with van der Waals surface area (Å²) in [5, 5.41) is 6.04. The molecular weight excluding hydrogens is 408 g/mol. The Kier molecular flexibility index (Phi) is 8.24. The van der Waals surface area contributed by atoms with Crippen molar-refractivity contribution >= 4 is 23.5 Å². The number of nitrogens with one attached hydrogen (secondary N) is 2. The van der Waals surface area contributed by atoms with Gasteiger partial charge in [-0.25, -0.2) is 4.79 Å². The third-order valence-corrected chi connectivity index (χ3v) is 6.67. The van der Waals surface area contributed by atoms with Gasteiger partial charge >= 0.3 is 6.03 Å². The number of carbonyl (C=O) groups excluding carboxylic acids is 1. The molecule has 4 rings (SSSR count). The lowest BCUT2D eigenvalue weighted by molar-refractivity contribution is -0.0285. The first kappa shape index (κ1) is 22.1. The Hall–Kier alpha value is -2.06. The maximum absolute atomic E-state index is 12.6. The monoisotopic (exact) mass is 440 g/mol. The molecule has 2 aromatic rings. The van der Waals surface area contributed by atoms with Gasteiger partial charge in [0.25, 0.3) is 0 Å². The van der Waals surface area contributed by atoms with Crippen molar-refractivity contribution < 1.29 is 9.53 Å². The predicted molar refractivity (Wildman–Crippen MR) is 128 cm³/mol. The number of ether oxygens (including phenoxy) is 1. The number of carbonyl (C=O) groups is 1. The van der Waals surface area contributed by atoms with Gasteiger partial charge in [0.1, 0.15) is 0 Å². The van der Waals surface area contributed by atoms with Crippen LogP contribution in [0.15, 0.2) is 54.6 Å². The van der Waals surface area contributed by atoms with E-state index in [1.165, 1.54) is 17.1 Å². The molecule has 2 N–H and O–H groups in total. The molecule has 0 saturated carbocycles. The van der Waals surface area contributed by atoms with Crippen LogP contribution in [0.3, 0.4) is 0 Å². The molecule has 0 bridgehead atoms. The highest BCUT2D eigenvalue weighted by Crippen LogP contribution is 2.19. The zero-order valence-electron chi connectivity index (χ0n) is 18.0. The zero-order chi connectivity index (χ0) is 21.3. The first-order valence-electron chi connectivity index (χ1n) is 11.1. The lowest BCUT2D eigenvalue weighted by Gasteiger charge is -2.33. The minimum atomic E-state index is -0.176. The maximum atomic E-state index is 12.6. The van der Waals surface area contributed by atoms with Crippen LogP contribution >= 0.6 is 11.8 Å². The van der Waals surface area contributed by atoms with Gasteiger partial charge in [0.2, 0.25) is 0 Å². The molecule has 1 unspecified atom stereocenters. The van der Waals surface area contributed by atoms with Gasteiger partial charge in [-0.2, -0.15) is 11.8 Å². The van der Waals surface area contributed by atoms with E-state index in [0.717, 1.165) is 50.5 Å². The number of nitrogens with zero attached hydrogens (tertiary/aromatic N) is 2. The van der Waals surface area contributed by atoms with E-state index in [2.05, 4.69) is 50.8 Å². The molecule has 7 heteroatoms. The van der Waals surface area contributed by atoms with E-state index >= 15 is 0 Å². The smallest absolute Gasteiger partial charge is 0.319 e. The Morgan fingerprint density at radius 2 is 1.74 bits per heavy atom. The van der Waals surface area contributed by atoms with Gasteiger partial charge in [0.15, 0.2) is 0 Å². The number of thioether (sulfide) groups is 1. The summed E-state index contributed by atoms with van der Waals surface area (Å²) in [6, 6.07) is 18.4. The summed E-state index contributed by atoms with van der Waals surface area (Å²) >= 11 is 2.01. The fourth-order valence-corrected chi connectivity index (χ4v) is 5.02. The molecule has 2 fully saturated rings. The number of para-hydroxylation sites is 1. The molecule has 0 radical (unpaired) electrons. The van der Waals surface area contributed by atoms with Crippen LogP contribution in [0.25, 0.3) is 0 Å². The number of rotatable bonds is 7. The molecule has 2 aliphatic heterocycles. The molecule has 2 saturated heterocycles. The molecule has 6 nitrogen and oxygen atoms in total. The molecule has 31 heavy (non-hydrogen) atoms. The molecule has 2 amide bonds. The van der Waals surface area contributed by atoms with Gasteiger partial charge < -0.3 is 15.4 Å². The Bertz CT molecular complexity index is 829. The van der Waals surface area contributed by atoms with Gasteiger partial charge in [0.05, 0.1) is 12.7 Å². The first-order chi connectivity index (χ1) is 15.3. The van der Waals surface area contributed by atoms with Gasteiger partial charge in [-0.1, -0.05) is 48.5 Å². The molecule has 2 aliphatic rings. The Labute approximate surface area is 189 Å². The molecule has 2 heterocycles. The minimum absolute atomic E-state index is 0.00399. The average Bonchev–Trinajstić information content (AvgIpc) is 2.81. The van der Waals surface area contributed by atoms with Crippen molar-refractivity contribution in [2.45, 2.75) is 19.2 Å². The van der Waals surface area contributed by atoms with Crippen molar-refractivity contribution in [3.05, 3.63) is 65.7 Å². The molecule has 2 aromatic carbocycles. The van der Waals surface area contributed by atoms with Crippen LogP contribution in [0.2, 0.25) is 0 Å². The summed E-state index contributed by atoms with van der Waals surface area (Å²) in [5.41, 5.74) is 3.35. The van der Waals surface area contributed by atoms with E-state index in [1.807, 2.05) is 36.0 Å². The lowest BCUT2D eigenvalue weighted by Crippen LogP contribution is -2.47. The number of anilines is 1. The Morgan fingerprint density at radius 1 is 0.968 bits per heavy atom. The molecule has 1 atom stereocenters. The van der Waals surface area contributed by atoms with Gasteiger partial charge in [0, 0.05) is 63.0 Å². The standard InChI is InChI=1S/C24H32N4O2S/c29-24(26-23-9-5-4-8-21(23)18-27-11-14-31-15-12-27)25-16-22-19-28(10-13-30-22)17-20-6-2-1-3-7-20/h1-9,22H,10-19H2,(H2,25,26,29). The highest BCUT2D eigenvalue weighted by atomic mass is 32.2. The number of amides is 2. The SMILES string of the molecule is O=C(NCC1CN(Cc2ccccc2)CCO1)Nc1ccccc1CN1CCSCC1. The van der Waals surface area contributed by atoms with E-state index in [4.69, 9.17) is 4.74 Å². The van der Waals surface area contributed by atoms with Crippen molar-refractivity contribution in [2.75, 3.05) is 56.2 Å². The molecular formula is C24H32N4O2S. The number of urea groups is 1. The third kappa shape index (κ3) is 6.97. The van der Waals surface area contributed by atoms with Crippen LogP contribution in [0.5, 0.6) is 0 Å². The zero-order valence-corrected chi connectivity index (χ0v) is 18.8. The highest BCUT2D eigenvalue weighted by Gasteiger charge is 2.21. The Morgan fingerprint density at radius 3 is 2.58 bits per heavy atom. The van der Waals surface area contributed by atoms with Crippen LogP contribution < -0.4 is 10.6 Å². The van der Waals surface area contributed by atoms with Crippen LogP contribution in [0.4, 0.5) is 10.5 Å². The van der Waals surface area contributed by atoms with E-state index < -0.39 is 0 Å². The van der Waals surface area contributed by atoms with E-state index in [-0.39, 0.29) is 12.1 Å². The largest absolute Gasteiger partial charge is 0.374 e. The van der Waals surface area contributed by atoms with Crippen LogP contribution in [-0.2, 0) is 17.8 Å². The average molecular weight is 441 g/mol. The van der Waals surface area contributed by atoms with Gasteiger partial charge in [-0.15, -0.1) is 0 Å². The van der Waals surface area contributed by atoms with Crippen molar-refractivity contribution in [3.8, 4) is 0 Å². The fourth-order valence-electron chi connectivity index (χ4n) is 4.04. The normalized spacial score (nSPS) is 20.3. The number of hydrogen-bond donors (Lipinski definition) is 2. The van der Waals surface area contributed by atoms with Crippen LogP contribution in [0.1, 0.15) is 11.1 Å². The van der Waals surface area contributed by atoms with E-state index in [1.54, 1.807) is 0 Å². The molecule has 0 spiro atoms. The predicted octanol–water partition coefficient (Wildman–Crippen LogP) is 3.26. The highest BCUT2D eigenvalue weighted by molar-refractivity contribution is 7.99. The topological polar surface area (TPSA) is 56.8 Å². The van der Waals surface area contributed by atoms with E-state index in [0.29, 0.717) is 13.2 Å². The van der Waals surface area contributed by atoms with Crippen molar-refractivity contribution in [1.82, 2.24) is 15.1 Å². The number of morpholine rings is 1. The second-order valence-electron chi connectivity index (χ2n) is 8.09. The van der Waals surface area contributed by atoms with Gasteiger partial charge in [-0.3, -0.25) is 9.80 Å². The van der Waals surface area contributed by atoms with Crippen LogP contribution in [-0.4, -0.2) is 72.8 Å². The number of benzene rings is 2. The Balaban J connectivity index is 1.24. The second-order valence-corrected chi connectivity index (χ2v) is 9.32. The van der Waals surface area contributed by atoms with Crippen molar-refractivity contribution in [3.63, 3.8) is 0 Å². The molecule has 166 valence electrons. The maximum Gasteiger partial charge on any atom is 0.319 e. The van der Waals surface area contributed by atoms with Crippen molar-refractivity contribution in [2.24, 2.45) is 0 Å². The minimum Gasteiger partial charge on any atom is -0.374 e. The summed E-state index contributed by atoms with van der Waals surface area (Å²) in [4.78, 5) is 17.4. The third-order valence-electron chi connectivity index (χ3n) is 5.73. The summed E-state index contributed by atoms with van der Waals surface area (Å²) < 4.78 is 5.88.